The molecular weight excluding hydrogens is 421 g/mol. The predicted octanol–water partition coefficient (Wildman–Crippen LogP) is 2.64. The Labute approximate surface area is 168 Å². The first-order valence-electron chi connectivity index (χ1n) is 9.18. The first kappa shape index (κ1) is 19.0. The van der Waals surface area contributed by atoms with E-state index in [9.17, 15) is 21.6 Å². The number of fused-ring (bicyclic) bond motifs is 3. The third kappa shape index (κ3) is 2.94. The summed E-state index contributed by atoms with van der Waals surface area (Å²) in [6, 6.07) is 2.64. The summed E-state index contributed by atoms with van der Waals surface area (Å²) in [5.74, 6) is -4.42. The molecule has 1 aliphatic rings. The van der Waals surface area contributed by atoms with Gasteiger partial charge in [0.05, 0.1) is 11.7 Å². The molecule has 8 nitrogen and oxygen atoms in total. The highest BCUT2D eigenvalue weighted by Crippen LogP contribution is 2.35. The average molecular weight is 436 g/mol. The molecule has 0 radical (unpaired) electrons. The van der Waals surface area contributed by atoms with E-state index >= 15 is 0 Å². The molecule has 12 heteroatoms. The molecule has 1 aliphatic carbocycles. The van der Waals surface area contributed by atoms with Gasteiger partial charge in [0.15, 0.2) is 28.7 Å². The minimum Gasteiger partial charge on any atom is -0.345 e. The van der Waals surface area contributed by atoms with Gasteiger partial charge in [-0.3, -0.25) is 4.40 Å². The molecule has 1 fully saturated rings. The molecule has 1 aromatic carbocycles. The lowest BCUT2D eigenvalue weighted by atomic mass is 10.1. The van der Waals surface area contributed by atoms with Crippen molar-refractivity contribution in [3.63, 3.8) is 0 Å². The number of benzene rings is 1. The van der Waals surface area contributed by atoms with Crippen LogP contribution in [-0.4, -0.2) is 39.0 Å². The molecule has 0 amide bonds. The molecule has 156 valence electrons. The van der Waals surface area contributed by atoms with Crippen molar-refractivity contribution in [2.24, 2.45) is 0 Å². The lowest BCUT2D eigenvalue weighted by molar-refractivity contribution is 0.431. The molecule has 0 bridgehead atoms. The number of hydrogen-bond acceptors (Lipinski definition) is 5. The number of aromatic nitrogens is 5. The number of hydrogen-bond donors (Lipinski definition) is 2. The Hall–Kier alpha value is -2.99. The van der Waals surface area contributed by atoms with Crippen LogP contribution in [0.1, 0.15) is 31.0 Å². The van der Waals surface area contributed by atoms with E-state index in [2.05, 4.69) is 24.9 Å². The fourth-order valence-corrected chi connectivity index (χ4v) is 5.34. The second kappa shape index (κ2) is 6.77. The number of aromatic amines is 1. The first-order valence-corrected chi connectivity index (χ1v) is 10.7. The van der Waals surface area contributed by atoms with Gasteiger partial charge < -0.3 is 4.98 Å². The van der Waals surface area contributed by atoms with Gasteiger partial charge in [-0.25, -0.2) is 31.3 Å². The van der Waals surface area contributed by atoms with Gasteiger partial charge in [0, 0.05) is 18.2 Å². The van der Waals surface area contributed by atoms with Crippen molar-refractivity contribution in [2.45, 2.75) is 36.1 Å². The summed E-state index contributed by atoms with van der Waals surface area (Å²) < 4.78 is 69.9. The Balaban J connectivity index is 1.41. The third-order valence-electron chi connectivity index (χ3n) is 5.38. The van der Waals surface area contributed by atoms with Gasteiger partial charge in [-0.15, -0.1) is 10.2 Å². The van der Waals surface area contributed by atoms with Crippen LogP contribution >= 0.6 is 0 Å². The largest absolute Gasteiger partial charge is 0.345 e. The number of halogens is 3. The molecule has 5 rings (SSSR count). The Morgan fingerprint density at radius 1 is 1.10 bits per heavy atom. The number of nitrogens with one attached hydrogen (secondary N) is 2. The summed E-state index contributed by atoms with van der Waals surface area (Å²) in [5, 5.41) is 8.40. The predicted molar refractivity (Wildman–Crippen MR) is 99.7 cm³/mol. The van der Waals surface area contributed by atoms with E-state index in [1.807, 2.05) is 10.5 Å². The van der Waals surface area contributed by atoms with Gasteiger partial charge >= 0.3 is 0 Å². The summed E-state index contributed by atoms with van der Waals surface area (Å²) >= 11 is 0. The smallest absolute Gasteiger partial charge is 0.243 e. The Kier molecular flexibility index (Phi) is 4.29. The summed E-state index contributed by atoms with van der Waals surface area (Å²) in [6.45, 7) is 0. The summed E-state index contributed by atoms with van der Waals surface area (Å²) in [6.07, 6.45) is 4.85. The van der Waals surface area contributed by atoms with Crippen LogP contribution in [0.4, 0.5) is 13.2 Å². The van der Waals surface area contributed by atoms with Crippen molar-refractivity contribution in [2.75, 3.05) is 0 Å². The topological polar surface area (TPSA) is 105 Å². The monoisotopic (exact) mass is 436 g/mol. The summed E-state index contributed by atoms with van der Waals surface area (Å²) in [4.78, 5) is 6.36. The molecule has 0 saturated heterocycles. The fraction of sp³-hybridized carbons (Fsp3) is 0.278. The van der Waals surface area contributed by atoms with Crippen molar-refractivity contribution in [1.29, 1.82) is 0 Å². The molecule has 0 aliphatic heterocycles. The van der Waals surface area contributed by atoms with Crippen LogP contribution in [0.15, 0.2) is 35.5 Å². The van der Waals surface area contributed by atoms with Gasteiger partial charge in [0.2, 0.25) is 10.0 Å². The normalized spacial score (nSPS) is 19.8. The zero-order valence-corrected chi connectivity index (χ0v) is 16.1. The summed E-state index contributed by atoms with van der Waals surface area (Å²) in [7, 11) is -4.36. The highest BCUT2D eigenvalue weighted by Gasteiger charge is 2.34. The minimum atomic E-state index is -4.36. The van der Waals surface area contributed by atoms with Crippen LogP contribution in [0.5, 0.6) is 0 Å². The average Bonchev–Trinajstić information content (AvgIpc) is 3.43. The maximum Gasteiger partial charge on any atom is 0.243 e. The van der Waals surface area contributed by atoms with E-state index in [1.54, 1.807) is 12.4 Å². The molecule has 4 aromatic rings. The van der Waals surface area contributed by atoms with Gasteiger partial charge in [0.1, 0.15) is 10.7 Å². The maximum absolute atomic E-state index is 14.0. The SMILES string of the molecule is O=S(=O)(N[C@H]1CC[C@@H](c2nnc3cnc4[nH]ccc4n23)C1)c1ccc(F)c(F)c1F. The standard InChI is InChI=1S/C18H15F3N6O2S/c19-11-3-4-13(16(21)15(11)20)30(28,29)26-10-2-1-9(7-10)18-25-24-14-8-23-17-12(27(14)18)5-6-22-17/h3-6,8-10,22,26H,1-2,7H2/t9-,10+/m1/s1. The molecule has 1 saturated carbocycles. The second-order valence-corrected chi connectivity index (χ2v) is 8.91. The summed E-state index contributed by atoms with van der Waals surface area (Å²) in [5.41, 5.74) is 2.05. The minimum absolute atomic E-state index is 0.0944. The van der Waals surface area contributed by atoms with Crippen molar-refractivity contribution in [1.82, 2.24) is 29.3 Å². The quantitative estimate of drug-likeness (QED) is 0.479. The third-order valence-corrected chi connectivity index (χ3v) is 6.91. The zero-order valence-electron chi connectivity index (χ0n) is 15.3. The van der Waals surface area contributed by atoms with E-state index in [0.29, 0.717) is 48.5 Å². The van der Waals surface area contributed by atoms with Crippen molar-refractivity contribution >= 4 is 26.8 Å². The molecule has 0 unspecified atom stereocenters. The lowest BCUT2D eigenvalue weighted by Gasteiger charge is -2.14. The molecule has 2 N–H and O–H groups in total. The van der Waals surface area contributed by atoms with Crippen LogP contribution in [0, 0.1) is 17.5 Å². The number of nitrogens with zero attached hydrogens (tertiary/aromatic N) is 4. The zero-order chi connectivity index (χ0) is 21.0. The molecular formula is C18H15F3N6O2S. The van der Waals surface area contributed by atoms with Gasteiger partial charge in [-0.1, -0.05) is 0 Å². The first-order chi connectivity index (χ1) is 14.3. The van der Waals surface area contributed by atoms with Crippen molar-refractivity contribution < 1.29 is 21.6 Å². The van der Waals surface area contributed by atoms with E-state index in [0.717, 1.165) is 5.52 Å². The number of rotatable bonds is 4. The van der Waals surface area contributed by atoms with E-state index in [-0.39, 0.29) is 5.92 Å². The molecule has 3 heterocycles. The second-order valence-electron chi connectivity index (χ2n) is 7.22. The van der Waals surface area contributed by atoms with Crippen molar-refractivity contribution in [3.05, 3.63) is 53.9 Å². The highest BCUT2D eigenvalue weighted by atomic mass is 32.2. The number of sulfonamides is 1. The molecule has 3 aromatic heterocycles. The lowest BCUT2D eigenvalue weighted by Crippen LogP contribution is -2.33. The Morgan fingerprint density at radius 2 is 1.93 bits per heavy atom. The van der Waals surface area contributed by atoms with Crippen LogP contribution in [0.3, 0.4) is 0 Å². The highest BCUT2D eigenvalue weighted by molar-refractivity contribution is 7.89. The molecule has 2 atom stereocenters. The van der Waals surface area contributed by atoms with Gasteiger partial charge in [0.25, 0.3) is 0 Å². The molecule has 30 heavy (non-hydrogen) atoms. The van der Waals surface area contributed by atoms with Crippen molar-refractivity contribution in [3.8, 4) is 0 Å². The van der Waals surface area contributed by atoms with E-state index in [1.165, 1.54) is 0 Å². The van der Waals surface area contributed by atoms with Gasteiger partial charge in [-0.05, 0) is 37.5 Å². The van der Waals surface area contributed by atoms with Crippen LogP contribution in [0.2, 0.25) is 0 Å². The maximum atomic E-state index is 14.0. The molecule has 0 spiro atoms. The van der Waals surface area contributed by atoms with E-state index < -0.39 is 38.4 Å². The Bertz CT molecular complexity index is 1380. The number of H-pyrrole nitrogens is 1. The van der Waals surface area contributed by atoms with E-state index in [4.69, 9.17) is 0 Å². The van der Waals surface area contributed by atoms with Crippen LogP contribution in [-0.2, 0) is 10.0 Å². The van der Waals surface area contributed by atoms with Crippen LogP contribution < -0.4 is 4.72 Å². The fourth-order valence-electron chi connectivity index (χ4n) is 3.98. The van der Waals surface area contributed by atoms with Crippen LogP contribution in [0.25, 0.3) is 16.8 Å². The Morgan fingerprint density at radius 3 is 2.77 bits per heavy atom. The van der Waals surface area contributed by atoms with Gasteiger partial charge in [-0.2, -0.15) is 0 Å².